The maximum atomic E-state index is 12.8. The van der Waals surface area contributed by atoms with E-state index in [4.69, 9.17) is 27.9 Å². The van der Waals surface area contributed by atoms with Crippen LogP contribution >= 0.6 is 23.2 Å². The van der Waals surface area contributed by atoms with Crippen LogP contribution in [-0.2, 0) is 9.59 Å². The predicted octanol–water partition coefficient (Wildman–Crippen LogP) is 4.23. The maximum absolute atomic E-state index is 12.8. The van der Waals surface area contributed by atoms with Gasteiger partial charge >= 0.3 is 0 Å². The van der Waals surface area contributed by atoms with Crippen LogP contribution < -0.4 is 4.74 Å². The Morgan fingerprint density at radius 1 is 1.21 bits per heavy atom. The highest BCUT2D eigenvalue weighted by atomic mass is 35.5. The fraction of sp³-hybridized carbons (Fsp3) is 0.250. The van der Waals surface area contributed by atoms with Crippen LogP contribution in [0.4, 0.5) is 0 Å². The van der Waals surface area contributed by atoms with Crippen molar-refractivity contribution in [2.24, 2.45) is 0 Å². The number of nitrogens with zero attached hydrogens (tertiary/aromatic N) is 2. The first-order valence-electron chi connectivity index (χ1n) is 8.62. The van der Waals surface area contributed by atoms with Gasteiger partial charge in [-0.05, 0) is 36.2 Å². The molecule has 1 aromatic heterocycles. The number of aliphatic hydroxyl groups excluding tert-OH is 1. The Morgan fingerprint density at radius 2 is 1.82 bits per heavy atom. The lowest BCUT2D eigenvalue weighted by atomic mass is 9.96. The molecule has 0 spiro atoms. The number of pyridine rings is 1. The number of ketones is 1. The fourth-order valence-electron chi connectivity index (χ4n) is 3.29. The second kappa shape index (κ2) is 8.20. The zero-order chi connectivity index (χ0) is 20.4. The average molecular weight is 421 g/mol. The first-order chi connectivity index (χ1) is 13.4. The Kier molecular flexibility index (Phi) is 5.91. The van der Waals surface area contributed by atoms with Crippen LogP contribution in [0.25, 0.3) is 5.76 Å². The molecule has 0 saturated carbocycles. The van der Waals surface area contributed by atoms with Crippen LogP contribution in [-0.4, -0.2) is 40.3 Å². The van der Waals surface area contributed by atoms with Gasteiger partial charge in [0.05, 0.1) is 28.8 Å². The highest BCUT2D eigenvalue weighted by molar-refractivity contribution is 6.46. The summed E-state index contributed by atoms with van der Waals surface area (Å²) in [6.07, 6.45) is 3.81. The lowest BCUT2D eigenvalue weighted by Gasteiger charge is -2.24. The number of methoxy groups -OCH3 is 1. The number of hydrogen-bond donors (Lipinski definition) is 1. The highest BCUT2D eigenvalue weighted by Gasteiger charge is 2.45. The van der Waals surface area contributed by atoms with Gasteiger partial charge < -0.3 is 14.7 Å². The van der Waals surface area contributed by atoms with Gasteiger partial charge in [0.25, 0.3) is 11.7 Å². The molecule has 1 aliphatic rings. The van der Waals surface area contributed by atoms with Crippen LogP contribution in [0, 0.1) is 0 Å². The number of amides is 1. The summed E-state index contributed by atoms with van der Waals surface area (Å²) in [5, 5.41) is 11.3. The van der Waals surface area contributed by atoms with Crippen molar-refractivity contribution in [1.29, 1.82) is 0 Å². The van der Waals surface area contributed by atoms with Gasteiger partial charge in [-0.3, -0.25) is 14.6 Å². The van der Waals surface area contributed by atoms with E-state index in [0.29, 0.717) is 18.5 Å². The summed E-state index contributed by atoms with van der Waals surface area (Å²) < 4.78 is 5.12. The zero-order valence-corrected chi connectivity index (χ0v) is 16.8. The molecule has 1 amide bonds. The number of rotatable bonds is 5. The van der Waals surface area contributed by atoms with E-state index in [1.165, 1.54) is 24.1 Å². The number of carbonyl (C=O) groups excluding carboxylic acids is 2. The van der Waals surface area contributed by atoms with Crippen molar-refractivity contribution in [2.75, 3.05) is 13.7 Å². The number of benzene rings is 1. The standard InChI is InChI=1S/C20H18Cl2N2O4/c1-3-8-24-16(11-4-6-23-7-5-11)15(18(26)20(24)27)17(25)12-9-13(21)19(28-2)14(22)10-12/h4-7,9-10,16,25H,3,8H2,1-2H3/b17-15+. The second-order valence-corrected chi connectivity index (χ2v) is 7.06. The molecule has 6 nitrogen and oxygen atoms in total. The summed E-state index contributed by atoms with van der Waals surface area (Å²) in [6, 6.07) is 5.58. The molecule has 1 atom stereocenters. The van der Waals surface area contributed by atoms with Gasteiger partial charge in [-0.25, -0.2) is 0 Å². The first kappa shape index (κ1) is 20.2. The molecule has 2 aromatic rings. The van der Waals surface area contributed by atoms with E-state index in [0.717, 1.165) is 0 Å². The minimum absolute atomic E-state index is 0.0121. The van der Waals surface area contributed by atoms with Crippen molar-refractivity contribution in [2.45, 2.75) is 19.4 Å². The molecule has 1 unspecified atom stereocenters. The summed E-state index contributed by atoms with van der Waals surface area (Å²) in [5.74, 6) is -1.49. The number of hydrogen-bond acceptors (Lipinski definition) is 5. The molecule has 0 bridgehead atoms. The van der Waals surface area contributed by atoms with Crippen molar-refractivity contribution in [3.05, 3.63) is 63.4 Å². The van der Waals surface area contributed by atoms with Crippen molar-refractivity contribution in [1.82, 2.24) is 9.88 Å². The van der Waals surface area contributed by atoms with Gasteiger partial charge in [-0.15, -0.1) is 0 Å². The van der Waals surface area contributed by atoms with Gasteiger partial charge in [0.15, 0.2) is 5.75 Å². The summed E-state index contributed by atoms with van der Waals surface area (Å²) in [4.78, 5) is 30.8. The minimum Gasteiger partial charge on any atom is -0.507 e. The second-order valence-electron chi connectivity index (χ2n) is 6.25. The number of likely N-dealkylation sites (tertiary alicyclic amines) is 1. The Bertz CT molecular complexity index is 937. The number of halogens is 2. The third-order valence-corrected chi connectivity index (χ3v) is 5.06. The predicted molar refractivity (Wildman–Crippen MR) is 107 cm³/mol. The summed E-state index contributed by atoms with van der Waals surface area (Å²) in [7, 11) is 1.42. The van der Waals surface area contributed by atoms with E-state index in [1.807, 2.05) is 6.92 Å². The van der Waals surface area contributed by atoms with E-state index in [9.17, 15) is 14.7 Å². The van der Waals surface area contributed by atoms with E-state index >= 15 is 0 Å². The summed E-state index contributed by atoms with van der Waals surface area (Å²) in [6.45, 7) is 2.28. The van der Waals surface area contributed by atoms with Crippen molar-refractivity contribution in [3.63, 3.8) is 0 Å². The molecule has 0 radical (unpaired) electrons. The molecule has 8 heteroatoms. The third kappa shape index (κ3) is 3.45. The quantitative estimate of drug-likeness (QED) is 0.444. The Hall–Kier alpha value is -2.57. The largest absolute Gasteiger partial charge is 0.507 e. The monoisotopic (exact) mass is 420 g/mol. The van der Waals surface area contributed by atoms with Crippen molar-refractivity contribution < 1.29 is 19.4 Å². The van der Waals surface area contributed by atoms with E-state index < -0.39 is 17.7 Å². The van der Waals surface area contributed by atoms with Crippen LogP contribution in [0.15, 0.2) is 42.2 Å². The van der Waals surface area contributed by atoms with E-state index in [1.54, 1.807) is 24.5 Å². The van der Waals surface area contributed by atoms with Gasteiger partial charge in [0.1, 0.15) is 5.76 Å². The summed E-state index contributed by atoms with van der Waals surface area (Å²) >= 11 is 12.3. The van der Waals surface area contributed by atoms with Gasteiger partial charge in [-0.2, -0.15) is 0 Å². The number of aromatic nitrogens is 1. The van der Waals surface area contributed by atoms with E-state index in [2.05, 4.69) is 4.98 Å². The van der Waals surface area contributed by atoms with Gasteiger partial charge in [0.2, 0.25) is 0 Å². The van der Waals surface area contributed by atoms with Gasteiger partial charge in [0, 0.05) is 24.5 Å². The highest BCUT2D eigenvalue weighted by Crippen LogP contribution is 2.41. The molecule has 1 saturated heterocycles. The molecular weight excluding hydrogens is 403 g/mol. The molecule has 1 fully saturated rings. The molecule has 28 heavy (non-hydrogen) atoms. The average Bonchev–Trinajstić information content (AvgIpc) is 2.93. The number of ether oxygens (including phenoxy) is 1. The SMILES string of the molecule is CCCN1C(=O)C(=O)/C(=C(/O)c2cc(Cl)c(OC)c(Cl)c2)C1c1ccncc1. The van der Waals surface area contributed by atoms with Gasteiger partial charge in [-0.1, -0.05) is 30.1 Å². The Labute approximate surface area is 172 Å². The topological polar surface area (TPSA) is 79.7 Å². The number of carbonyl (C=O) groups is 2. The van der Waals surface area contributed by atoms with Crippen LogP contribution in [0.2, 0.25) is 10.0 Å². The number of aliphatic hydroxyl groups is 1. The molecule has 1 aliphatic heterocycles. The van der Waals surface area contributed by atoms with Crippen LogP contribution in [0.1, 0.15) is 30.5 Å². The first-order valence-corrected chi connectivity index (χ1v) is 9.38. The Balaban J connectivity index is 2.21. The lowest BCUT2D eigenvalue weighted by molar-refractivity contribution is -0.139. The van der Waals surface area contributed by atoms with Crippen molar-refractivity contribution in [3.8, 4) is 5.75 Å². The van der Waals surface area contributed by atoms with Crippen molar-refractivity contribution >= 4 is 40.7 Å². The molecule has 2 heterocycles. The molecular formula is C20H18Cl2N2O4. The zero-order valence-electron chi connectivity index (χ0n) is 15.3. The number of Topliss-reactive ketones (excluding diaryl/α,β-unsaturated/α-hetero) is 1. The molecule has 1 N–H and O–H groups in total. The molecule has 3 rings (SSSR count). The van der Waals surface area contributed by atoms with E-state index in [-0.39, 0.29) is 32.7 Å². The molecule has 0 aliphatic carbocycles. The maximum Gasteiger partial charge on any atom is 0.295 e. The third-order valence-electron chi connectivity index (χ3n) is 4.50. The smallest absolute Gasteiger partial charge is 0.295 e. The minimum atomic E-state index is -0.754. The van der Waals surface area contributed by atoms with Crippen LogP contribution in [0.3, 0.4) is 0 Å². The summed E-state index contributed by atoms with van der Waals surface area (Å²) in [5.41, 5.74) is 0.890. The molecule has 1 aromatic carbocycles. The fourth-order valence-corrected chi connectivity index (χ4v) is 3.93. The van der Waals surface area contributed by atoms with Crippen LogP contribution in [0.5, 0.6) is 5.75 Å². The normalized spacial score (nSPS) is 18.6. The Morgan fingerprint density at radius 3 is 2.36 bits per heavy atom. The lowest BCUT2D eigenvalue weighted by Crippen LogP contribution is -2.30. The molecule has 146 valence electrons.